The van der Waals surface area contributed by atoms with Gasteiger partial charge in [0.25, 0.3) is 0 Å². The SMILES string of the molecule is O=C(O)c1ccc(CNCc2cccc(Br)c2)o1. The van der Waals surface area contributed by atoms with Crippen LogP contribution in [0.2, 0.25) is 0 Å². The van der Waals surface area contributed by atoms with Crippen molar-refractivity contribution in [3.63, 3.8) is 0 Å². The van der Waals surface area contributed by atoms with E-state index in [0.29, 0.717) is 18.8 Å². The molecule has 0 saturated heterocycles. The lowest BCUT2D eigenvalue weighted by atomic mass is 10.2. The fraction of sp³-hybridized carbons (Fsp3) is 0.154. The highest BCUT2D eigenvalue weighted by atomic mass is 79.9. The second kappa shape index (κ2) is 5.84. The molecule has 0 amide bonds. The van der Waals surface area contributed by atoms with Gasteiger partial charge >= 0.3 is 5.97 Å². The summed E-state index contributed by atoms with van der Waals surface area (Å²) in [5.74, 6) is -0.468. The van der Waals surface area contributed by atoms with Gasteiger partial charge in [0.1, 0.15) is 5.76 Å². The van der Waals surface area contributed by atoms with Crippen LogP contribution in [0.25, 0.3) is 0 Å². The maximum atomic E-state index is 10.6. The van der Waals surface area contributed by atoms with Gasteiger partial charge in [-0.05, 0) is 29.8 Å². The van der Waals surface area contributed by atoms with Crippen molar-refractivity contribution in [1.29, 1.82) is 0 Å². The van der Waals surface area contributed by atoms with E-state index in [1.54, 1.807) is 6.07 Å². The Labute approximate surface area is 113 Å². The van der Waals surface area contributed by atoms with Gasteiger partial charge in [-0.2, -0.15) is 0 Å². The van der Waals surface area contributed by atoms with Gasteiger partial charge in [-0.25, -0.2) is 4.79 Å². The molecular weight excluding hydrogens is 298 g/mol. The minimum Gasteiger partial charge on any atom is -0.475 e. The number of benzene rings is 1. The lowest BCUT2D eigenvalue weighted by molar-refractivity contribution is 0.0660. The highest BCUT2D eigenvalue weighted by molar-refractivity contribution is 9.10. The van der Waals surface area contributed by atoms with Gasteiger partial charge in [0, 0.05) is 11.0 Å². The van der Waals surface area contributed by atoms with Crippen LogP contribution in [-0.4, -0.2) is 11.1 Å². The van der Waals surface area contributed by atoms with Crippen LogP contribution in [0.4, 0.5) is 0 Å². The topological polar surface area (TPSA) is 62.5 Å². The number of furan rings is 1. The van der Waals surface area contributed by atoms with E-state index in [1.165, 1.54) is 6.07 Å². The molecule has 0 unspecified atom stereocenters. The van der Waals surface area contributed by atoms with E-state index in [2.05, 4.69) is 21.2 Å². The molecule has 2 N–H and O–H groups in total. The first-order chi connectivity index (χ1) is 8.65. The average molecular weight is 310 g/mol. The maximum absolute atomic E-state index is 10.6. The molecule has 0 aliphatic rings. The molecule has 0 fully saturated rings. The highest BCUT2D eigenvalue weighted by Crippen LogP contribution is 2.12. The number of hydrogen-bond acceptors (Lipinski definition) is 3. The molecule has 18 heavy (non-hydrogen) atoms. The van der Waals surface area contributed by atoms with Gasteiger partial charge < -0.3 is 14.8 Å². The Morgan fingerprint density at radius 2 is 2.11 bits per heavy atom. The molecule has 0 aliphatic carbocycles. The third-order valence-corrected chi connectivity index (χ3v) is 2.88. The van der Waals surface area contributed by atoms with Crippen LogP contribution in [0.1, 0.15) is 21.9 Å². The third-order valence-electron chi connectivity index (χ3n) is 2.39. The number of carboxylic acid groups (broad SMARTS) is 1. The second-order valence-corrected chi connectivity index (χ2v) is 4.72. The molecule has 1 aromatic heterocycles. The summed E-state index contributed by atoms with van der Waals surface area (Å²) in [6.45, 7) is 1.20. The Bertz CT molecular complexity index is 551. The summed E-state index contributed by atoms with van der Waals surface area (Å²) in [5.41, 5.74) is 1.15. The molecule has 2 aromatic rings. The van der Waals surface area contributed by atoms with Crippen LogP contribution in [0.5, 0.6) is 0 Å². The zero-order chi connectivity index (χ0) is 13.0. The zero-order valence-electron chi connectivity index (χ0n) is 9.52. The van der Waals surface area contributed by atoms with E-state index in [1.807, 2.05) is 24.3 Å². The standard InChI is InChI=1S/C13H12BrNO3/c14-10-3-1-2-9(6-10)7-15-8-11-4-5-12(18-11)13(16)17/h1-6,15H,7-8H2,(H,16,17). The van der Waals surface area contributed by atoms with E-state index < -0.39 is 5.97 Å². The number of hydrogen-bond donors (Lipinski definition) is 2. The fourth-order valence-corrected chi connectivity index (χ4v) is 2.01. The first-order valence-corrected chi connectivity index (χ1v) is 6.21. The van der Waals surface area contributed by atoms with Crippen LogP contribution >= 0.6 is 15.9 Å². The number of carbonyl (C=O) groups is 1. The summed E-state index contributed by atoms with van der Waals surface area (Å²) in [7, 11) is 0. The van der Waals surface area contributed by atoms with Crippen molar-refractivity contribution in [3.8, 4) is 0 Å². The molecule has 1 aromatic carbocycles. The van der Waals surface area contributed by atoms with Crippen LogP contribution < -0.4 is 5.32 Å². The molecule has 0 spiro atoms. The molecule has 94 valence electrons. The Hall–Kier alpha value is -1.59. The van der Waals surface area contributed by atoms with Crippen molar-refractivity contribution in [2.45, 2.75) is 13.1 Å². The van der Waals surface area contributed by atoms with Crippen molar-refractivity contribution in [3.05, 3.63) is 58.0 Å². The summed E-state index contributed by atoms with van der Waals surface area (Å²) in [6.07, 6.45) is 0. The Morgan fingerprint density at radius 1 is 1.28 bits per heavy atom. The lowest BCUT2D eigenvalue weighted by Gasteiger charge is -2.03. The monoisotopic (exact) mass is 309 g/mol. The van der Waals surface area contributed by atoms with Gasteiger partial charge in [0.15, 0.2) is 0 Å². The smallest absolute Gasteiger partial charge is 0.371 e. The van der Waals surface area contributed by atoms with Gasteiger partial charge in [0.2, 0.25) is 5.76 Å². The summed E-state index contributed by atoms with van der Waals surface area (Å²) < 4.78 is 6.17. The largest absolute Gasteiger partial charge is 0.475 e. The third kappa shape index (κ3) is 3.45. The first-order valence-electron chi connectivity index (χ1n) is 5.42. The summed E-state index contributed by atoms with van der Waals surface area (Å²) in [6, 6.07) is 11.1. The van der Waals surface area contributed by atoms with Crippen molar-refractivity contribution >= 4 is 21.9 Å². The number of rotatable bonds is 5. The number of nitrogens with one attached hydrogen (secondary N) is 1. The van der Waals surface area contributed by atoms with E-state index in [4.69, 9.17) is 9.52 Å². The minimum absolute atomic E-state index is 0.0331. The number of carboxylic acids is 1. The van der Waals surface area contributed by atoms with E-state index >= 15 is 0 Å². The molecule has 4 nitrogen and oxygen atoms in total. The van der Waals surface area contributed by atoms with Crippen molar-refractivity contribution in [2.75, 3.05) is 0 Å². The molecule has 0 aliphatic heterocycles. The zero-order valence-corrected chi connectivity index (χ0v) is 11.1. The van der Waals surface area contributed by atoms with Crippen molar-refractivity contribution in [1.82, 2.24) is 5.32 Å². The number of halogens is 1. The van der Waals surface area contributed by atoms with Crippen LogP contribution in [0, 0.1) is 0 Å². The molecule has 1 heterocycles. The number of aromatic carboxylic acids is 1. The molecule has 5 heteroatoms. The first kappa shape index (κ1) is 12.9. The molecule has 0 saturated carbocycles. The van der Waals surface area contributed by atoms with Crippen molar-refractivity contribution in [2.24, 2.45) is 0 Å². The Balaban J connectivity index is 1.86. The highest BCUT2D eigenvalue weighted by Gasteiger charge is 2.08. The van der Waals surface area contributed by atoms with Gasteiger partial charge in [-0.1, -0.05) is 28.1 Å². The van der Waals surface area contributed by atoms with Crippen LogP contribution in [0.3, 0.4) is 0 Å². The van der Waals surface area contributed by atoms with Gasteiger partial charge in [-0.3, -0.25) is 0 Å². The lowest BCUT2D eigenvalue weighted by Crippen LogP contribution is -2.12. The van der Waals surface area contributed by atoms with E-state index in [9.17, 15) is 4.79 Å². The molecular formula is C13H12BrNO3. The van der Waals surface area contributed by atoms with Gasteiger partial charge in [-0.15, -0.1) is 0 Å². The summed E-state index contributed by atoms with van der Waals surface area (Å²) in [4.78, 5) is 10.6. The van der Waals surface area contributed by atoms with Gasteiger partial charge in [0.05, 0.1) is 6.54 Å². The van der Waals surface area contributed by atoms with Crippen molar-refractivity contribution < 1.29 is 14.3 Å². The fourth-order valence-electron chi connectivity index (χ4n) is 1.56. The molecule has 2 rings (SSSR count). The molecule has 0 atom stereocenters. The Kier molecular flexibility index (Phi) is 4.17. The quantitative estimate of drug-likeness (QED) is 0.891. The summed E-state index contributed by atoms with van der Waals surface area (Å²) >= 11 is 3.41. The Morgan fingerprint density at radius 3 is 2.78 bits per heavy atom. The van der Waals surface area contributed by atoms with E-state index in [-0.39, 0.29) is 5.76 Å². The average Bonchev–Trinajstić information content (AvgIpc) is 2.78. The second-order valence-electron chi connectivity index (χ2n) is 3.80. The van der Waals surface area contributed by atoms with Crippen LogP contribution in [-0.2, 0) is 13.1 Å². The maximum Gasteiger partial charge on any atom is 0.371 e. The normalized spacial score (nSPS) is 10.5. The van der Waals surface area contributed by atoms with Crippen LogP contribution in [0.15, 0.2) is 45.3 Å². The minimum atomic E-state index is -1.05. The molecule has 0 radical (unpaired) electrons. The predicted octanol–water partition coefficient (Wildman–Crippen LogP) is 3.03. The summed E-state index contributed by atoms with van der Waals surface area (Å²) in [5, 5.41) is 11.9. The molecule has 0 bridgehead atoms. The van der Waals surface area contributed by atoms with E-state index in [0.717, 1.165) is 10.0 Å². The predicted molar refractivity (Wildman–Crippen MR) is 70.4 cm³/mol.